The third-order valence-electron chi connectivity index (χ3n) is 4.15. The maximum atomic E-state index is 13.1. The average molecular weight is 416 g/mol. The monoisotopic (exact) mass is 415 g/mol. The van der Waals surface area contributed by atoms with Gasteiger partial charge in [-0.3, -0.25) is 14.5 Å². The number of aryl methyl sites for hydroxylation is 2. The summed E-state index contributed by atoms with van der Waals surface area (Å²) in [6.07, 6.45) is 4.93. The predicted molar refractivity (Wildman–Crippen MR) is 116 cm³/mol. The van der Waals surface area contributed by atoms with E-state index in [-0.39, 0.29) is 6.04 Å². The number of nitrogens with zero attached hydrogens (tertiary/aromatic N) is 1. The molecule has 164 valence electrons. The number of benzene rings is 1. The third kappa shape index (κ3) is 7.11. The fourth-order valence-electron chi connectivity index (χ4n) is 2.84. The number of amides is 3. The summed E-state index contributed by atoms with van der Waals surface area (Å²) >= 11 is 0. The Hall–Kier alpha value is -3.01. The predicted octanol–water partition coefficient (Wildman–Crippen LogP) is 3.20. The Morgan fingerprint density at radius 2 is 1.70 bits per heavy atom. The van der Waals surface area contributed by atoms with Crippen LogP contribution in [0.25, 0.3) is 0 Å². The van der Waals surface area contributed by atoms with Gasteiger partial charge in [0.1, 0.15) is 17.7 Å². The normalized spacial score (nSPS) is 13.1. The molecule has 1 rings (SSSR count). The number of rotatable bonds is 6. The maximum Gasteiger partial charge on any atom is 0.408 e. The summed E-state index contributed by atoms with van der Waals surface area (Å²) < 4.78 is 5.20. The smallest absolute Gasteiger partial charge is 0.408 e. The number of hydrogen-bond acceptors (Lipinski definition) is 4. The Kier molecular flexibility index (Phi) is 8.47. The Morgan fingerprint density at radius 3 is 2.20 bits per heavy atom. The average Bonchev–Trinajstić information content (AvgIpc) is 2.58. The van der Waals surface area contributed by atoms with E-state index in [2.05, 4.69) is 16.7 Å². The summed E-state index contributed by atoms with van der Waals surface area (Å²) in [5.41, 5.74) is 1.67. The number of alkyl carbamates (subject to hydrolysis) is 1. The van der Waals surface area contributed by atoms with E-state index in [0.717, 1.165) is 16.0 Å². The second-order valence-electron chi connectivity index (χ2n) is 8.63. The summed E-state index contributed by atoms with van der Waals surface area (Å²) in [5.74, 6) is -0.984. The lowest BCUT2D eigenvalue weighted by atomic mass is 9.96. The lowest BCUT2D eigenvalue weighted by Crippen LogP contribution is -2.51. The standard InChI is InChI=1S/C23H33N3O4/c1-10-26(21(28)17(6)25-22(29)30-23(7,8)9)19(20(27)24-14(2)3)18-13-15(4)11-12-16(18)5/h1,11-14,17,19H,2-9H3,(H,24,27)(H,25,29). The highest BCUT2D eigenvalue weighted by molar-refractivity contribution is 5.93. The van der Waals surface area contributed by atoms with E-state index in [1.807, 2.05) is 45.9 Å². The van der Waals surface area contributed by atoms with Crippen molar-refractivity contribution in [2.45, 2.75) is 79.1 Å². The first-order chi connectivity index (χ1) is 13.8. The van der Waals surface area contributed by atoms with Crippen molar-refractivity contribution in [2.75, 3.05) is 0 Å². The molecule has 0 heterocycles. The van der Waals surface area contributed by atoms with Crippen LogP contribution in [0.2, 0.25) is 0 Å². The minimum Gasteiger partial charge on any atom is -0.444 e. The topological polar surface area (TPSA) is 87.7 Å². The van der Waals surface area contributed by atoms with E-state index in [1.54, 1.807) is 20.8 Å². The highest BCUT2D eigenvalue weighted by Gasteiger charge is 2.35. The van der Waals surface area contributed by atoms with E-state index >= 15 is 0 Å². The Morgan fingerprint density at radius 1 is 1.10 bits per heavy atom. The SMILES string of the molecule is C#CN(C(=O)C(C)NC(=O)OC(C)(C)C)C(C(=O)NC(C)C)c1cc(C)ccc1C. The fourth-order valence-corrected chi connectivity index (χ4v) is 2.84. The maximum absolute atomic E-state index is 13.1. The molecular weight excluding hydrogens is 382 g/mol. The van der Waals surface area contributed by atoms with E-state index in [0.29, 0.717) is 5.56 Å². The summed E-state index contributed by atoms with van der Waals surface area (Å²) in [7, 11) is 0. The van der Waals surface area contributed by atoms with E-state index in [9.17, 15) is 14.4 Å². The Labute approximate surface area is 179 Å². The second-order valence-corrected chi connectivity index (χ2v) is 8.63. The molecule has 0 spiro atoms. The molecule has 2 atom stereocenters. The van der Waals surface area contributed by atoms with E-state index in [4.69, 9.17) is 11.2 Å². The zero-order valence-electron chi connectivity index (χ0n) is 19.1. The van der Waals surface area contributed by atoms with Crippen molar-refractivity contribution < 1.29 is 19.1 Å². The van der Waals surface area contributed by atoms with Gasteiger partial charge in [0.2, 0.25) is 5.91 Å². The van der Waals surface area contributed by atoms with Crippen molar-refractivity contribution in [1.82, 2.24) is 15.5 Å². The van der Waals surface area contributed by atoms with Gasteiger partial charge in [0, 0.05) is 12.1 Å². The molecule has 0 saturated carbocycles. The summed E-state index contributed by atoms with van der Waals surface area (Å²) in [4.78, 5) is 39.2. The molecule has 0 bridgehead atoms. The molecule has 7 nitrogen and oxygen atoms in total. The van der Waals surface area contributed by atoms with Crippen molar-refractivity contribution in [1.29, 1.82) is 0 Å². The van der Waals surface area contributed by atoms with Gasteiger partial charge in [-0.2, -0.15) is 0 Å². The minimum absolute atomic E-state index is 0.142. The molecule has 1 aromatic rings. The molecule has 2 N–H and O–H groups in total. The first-order valence-electron chi connectivity index (χ1n) is 9.93. The molecule has 0 saturated heterocycles. The van der Waals surface area contributed by atoms with Gasteiger partial charge in [-0.15, -0.1) is 0 Å². The van der Waals surface area contributed by atoms with Gasteiger partial charge in [-0.05, 0) is 66.5 Å². The van der Waals surface area contributed by atoms with Crippen LogP contribution >= 0.6 is 0 Å². The van der Waals surface area contributed by atoms with Crippen LogP contribution in [0.15, 0.2) is 18.2 Å². The Balaban J connectivity index is 3.27. The van der Waals surface area contributed by atoms with Crippen molar-refractivity contribution in [3.05, 3.63) is 34.9 Å². The molecule has 0 radical (unpaired) electrons. The highest BCUT2D eigenvalue weighted by Crippen LogP contribution is 2.26. The van der Waals surface area contributed by atoms with Crippen LogP contribution in [0, 0.1) is 26.3 Å². The molecule has 0 aliphatic heterocycles. The largest absolute Gasteiger partial charge is 0.444 e. The van der Waals surface area contributed by atoms with Crippen LogP contribution in [0.1, 0.15) is 64.3 Å². The molecule has 1 aromatic carbocycles. The number of carbonyl (C=O) groups is 3. The van der Waals surface area contributed by atoms with Crippen molar-refractivity contribution in [3.8, 4) is 12.5 Å². The Bertz CT molecular complexity index is 834. The molecule has 7 heteroatoms. The summed E-state index contributed by atoms with van der Waals surface area (Å²) in [6.45, 7) is 14.1. The van der Waals surface area contributed by atoms with Gasteiger partial charge in [0.15, 0.2) is 0 Å². The quantitative estimate of drug-likeness (QED) is 0.552. The molecule has 2 unspecified atom stereocenters. The van der Waals surface area contributed by atoms with Crippen LogP contribution in [0.3, 0.4) is 0 Å². The first kappa shape index (κ1) is 25.0. The van der Waals surface area contributed by atoms with Crippen LogP contribution in [-0.2, 0) is 14.3 Å². The van der Waals surface area contributed by atoms with E-state index in [1.165, 1.54) is 6.92 Å². The van der Waals surface area contributed by atoms with Gasteiger partial charge in [-0.1, -0.05) is 30.2 Å². The lowest BCUT2D eigenvalue weighted by Gasteiger charge is -2.30. The molecule has 30 heavy (non-hydrogen) atoms. The van der Waals surface area contributed by atoms with Crippen LogP contribution in [0.4, 0.5) is 4.79 Å². The van der Waals surface area contributed by atoms with Crippen molar-refractivity contribution in [3.63, 3.8) is 0 Å². The van der Waals surface area contributed by atoms with Crippen LogP contribution in [0.5, 0.6) is 0 Å². The van der Waals surface area contributed by atoms with Gasteiger partial charge < -0.3 is 15.4 Å². The van der Waals surface area contributed by atoms with Crippen molar-refractivity contribution in [2.24, 2.45) is 0 Å². The summed E-state index contributed by atoms with van der Waals surface area (Å²) in [5, 5.41) is 5.31. The van der Waals surface area contributed by atoms with Crippen LogP contribution < -0.4 is 10.6 Å². The number of carbonyl (C=O) groups excluding carboxylic acids is 3. The third-order valence-corrected chi connectivity index (χ3v) is 4.15. The van der Waals surface area contributed by atoms with Gasteiger partial charge in [-0.25, -0.2) is 4.79 Å². The van der Waals surface area contributed by atoms with Gasteiger partial charge in [0.25, 0.3) is 5.91 Å². The summed E-state index contributed by atoms with van der Waals surface area (Å²) in [6, 6.07) is 5.80. The second kappa shape index (κ2) is 10.1. The molecule has 0 fully saturated rings. The number of ether oxygens (including phenoxy) is 1. The molecule has 0 aromatic heterocycles. The first-order valence-corrected chi connectivity index (χ1v) is 9.93. The van der Waals surface area contributed by atoms with Gasteiger partial charge in [0.05, 0.1) is 0 Å². The lowest BCUT2D eigenvalue weighted by molar-refractivity contribution is -0.138. The molecular formula is C23H33N3O4. The number of terminal acetylenes is 1. The number of hydrogen-bond donors (Lipinski definition) is 2. The molecule has 0 aliphatic rings. The highest BCUT2D eigenvalue weighted by atomic mass is 16.6. The fraction of sp³-hybridized carbons (Fsp3) is 0.522. The van der Waals surface area contributed by atoms with Crippen molar-refractivity contribution >= 4 is 17.9 Å². The minimum atomic E-state index is -1.03. The van der Waals surface area contributed by atoms with Crippen LogP contribution in [-0.4, -0.2) is 40.5 Å². The zero-order valence-corrected chi connectivity index (χ0v) is 19.1. The van der Waals surface area contributed by atoms with Gasteiger partial charge >= 0.3 is 6.09 Å². The zero-order chi connectivity index (χ0) is 23.2. The molecule has 0 aliphatic carbocycles. The molecule has 3 amide bonds. The van der Waals surface area contributed by atoms with E-state index < -0.39 is 35.6 Å². The number of nitrogens with one attached hydrogen (secondary N) is 2.